The summed E-state index contributed by atoms with van der Waals surface area (Å²) in [6, 6.07) is 5.59. The number of nitrogens with two attached hydrogens (primary N) is 2. The molecule has 4 aromatic heterocycles. The largest absolute Gasteiger partial charge is 0.464 e. The van der Waals surface area contributed by atoms with Gasteiger partial charge in [-0.05, 0) is 31.0 Å². The number of carbonyl (C=O) groups excluding carboxylic acids is 1. The van der Waals surface area contributed by atoms with Gasteiger partial charge in [-0.2, -0.15) is 0 Å². The van der Waals surface area contributed by atoms with Crippen LogP contribution in [0.1, 0.15) is 23.3 Å². The number of ether oxygens (including phenoxy) is 1. The maximum Gasteiger partial charge on any atom is 0.358 e. The van der Waals surface area contributed by atoms with Gasteiger partial charge in [0.05, 0.1) is 17.0 Å². The minimum absolute atomic E-state index is 0.0183. The minimum atomic E-state index is -0.564. The van der Waals surface area contributed by atoms with Crippen molar-refractivity contribution in [3.63, 3.8) is 0 Å². The number of fused-ring (bicyclic) bond motifs is 1. The molecule has 1 spiro atoms. The Balaban J connectivity index is 1.30. The molecule has 1 atom stereocenters. The number of hydrogen-bond acceptors (Lipinski definition) is 11. The van der Waals surface area contributed by atoms with E-state index in [4.69, 9.17) is 44.4 Å². The van der Waals surface area contributed by atoms with Crippen LogP contribution < -0.4 is 21.3 Å². The molecule has 2 aliphatic rings. The van der Waals surface area contributed by atoms with Crippen LogP contribution in [-0.2, 0) is 4.74 Å². The highest BCUT2D eigenvalue weighted by Crippen LogP contribution is 2.43. The van der Waals surface area contributed by atoms with E-state index in [1.165, 1.54) is 18.9 Å². The number of nitrogen functional groups attached to an aromatic ring is 1. The first-order chi connectivity index (χ1) is 19.3. The maximum atomic E-state index is 13.0. The van der Waals surface area contributed by atoms with Gasteiger partial charge in [-0.25, -0.2) is 24.7 Å². The van der Waals surface area contributed by atoms with Crippen LogP contribution in [0.15, 0.2) is 52.8 Å². The summed E-state index contributed by atoms with van der Waals surface area (Å²) in [4.78, 5) is 36.1. The monoisotopic (exact) mass is 599 g/mol. The standard InChI is InChI=1S/C26H27Cl2N9O2S/c1-39-24(38)20-21(40-16-3-7-32-22(30)19(16)28)23-33-8-11-37(23)25(34-20)35-9-4-26(5-10-35)14-36(13-17(26)29)15-2-6-31-18(27)12-15/h2-3,6-8,11-12,17H,4-5,9-10,13-14,29H2,1H3,(H2,30,32)/t17-/m1/s1. The van der Waals surface area contributed by atoms with E-state index < -0.39 is 5.97 Å². The summed E-state index contributed by atoms with van der Waals surface area (Å²) >= 11 is 13.8. The van der Waals surface area contributed by atoms with E-state index in [9.17, 15) is 4.79 Å². The third-order valence-electron chi connectivity index (χ3n) is 7.78. The van der Waals surface area contributed by atoms with E-state index >= 15 is 0 Å². The van der Waals surface area contributed by atoms with Gasteiger partial charge < -0.3 is 26.0 Å². The summed E-state index contributed by atoms with van der Waals surface area (Å²) in [6.45, 7) is 3.04. The Bertz CT molecular complexity index is 1590. The Labute approximate surface area is 244 Å². The topological polar surface area (TPSA) is 141 Å². The fourth-order valence-corrected chi connectivity index (χ4v) is 6.99. The lowest BCUT2D eigenvalue weighted by molar-refractivity contribution is 0.0589. The molecule has 0 unspecified atom stereocenters. The Hall–Kier alpha value is -3.32. The molecule has 2 saturated heterocycles. The van der Waals surface area contributed by atoms with Gasteiger partial charge in [0.25, 0.3) is 0 Å². The third-order valence-corrected chi connectivity index (χ3v) is 9.64. The molecule has 208 valence electrons. The smallest absolute Gasteiger partial charge is 0.358 e. The molecule has 4 N–H and O–H groups in total. The molecule has 0 saturated carbocycles. The van der Waals surface area contributed by atoms with Crippen molar-refractivity contribution in [2.24, 2.45) is 11.1 Å². The molecule has 0 amide bonds. The van der Waals surface area contributed by atoms with Gasteiger partial charge in [0, 0.05) is 73.0 Å². The maximum absolute atomic E-state index is 13.0. The van der Waals surface area contributed by atoms with E-state index in [2.05, 4.69) is 24.8 Å². The van der Waals surface area contributed by atoms with Crippen LogP contribution in [0.4, 0.5) is 17.5 Å². The number of pyridine rings is 2. The molecular formula is C26H27Cl2N9O2S. The summed E-state index contributed by atoms with van der Waals surface area (Å²) in [7, 11) is 1.33. The van der Waals surface area contributed by atoms with Gasteiger partial charge >= 0.3 is 5.97 Å². The van der Waals surface area contributed by atoms with Crippen molar-refractivity contribution >= 4 is 64.0 Å². The average Bonchev–Trinajstić information content (AvgIpc) is 3.57. The van der Waals surface area contributed by atoms with Crippen LogP contribution in [-0.4, -0.2) is 69.6 Å². The van der Waals surface area contributed by atoms with Crippen molar-refractivity contribution in [2.75, 3.05) is 48.8 Å². The number of esters is 1. The van der Waals surface area contributed by atoms with Crippen molar-refractivity contribution in [2.45, 2.75) is 28.7 Å². The number of anilines is 3. The number of hydrogen-bond donors (Lipinski definition) is 2. The first-order valence-electron chi connectivity index (χ1n) is 12.7. The fraction of sp³-hybridized carbons (Fsp3) is 0.346. The van der Waals surface area contributed by atoms with Gasteiger partial charge in [-0.1, -0.05) is 35.0 Å². The number of halogens is 2. The molecule has 0 aliphatic carbocycles. The number of nitrogens with zero attached hydrogens (tertiary/aromatic N) is 7. The van der Waals surface area contributed by atoms with Crippen molar-refractivity contribution in [3.8, 4) is 0 Å². The van der Waals surface area contributed by atoms with Crippen molar-refractivity contribution in [1.29, 1.82) is 0 Å². The Morgan fingerprint density at radius 2 is 1.90 bits per heavy atom. The van der Waals surface area contributed by atoms with Crippen molar-refractivity contribution in [1.82, 2.24) is 24.3 Å². The van der Waals surface area contributed by atoms with Gasteiger partial charge in [0.15, 0.2) is 11.3 Å². The van der Waals surface area contributed by atoms with Gasteiger partial charge in [-0.3, -0.25) is 4.40 Å². The summed E-state index contributed by atoms with van der Waals surface area (Å²) < 4.78 is 7.01. The normalized spacial score (nSPS) is 18.6. The second kappa shape index (κ2) is 10.6. The summed E-state index contributed by atoms with van der Waals surface area (Å²) in [6.07, 6.45) is 8.55. The lowest BCUT2D eigenvalue weighted by Crippen LogP contribution is -2.49. The second-order valence-corrected chi connectivity index (χ2v) is 11.8. The number of carbonyl (C=O) groups is 1. The van der Waals surface area contributed by atoms with E-state index in [0.29, 0.717) is 31.6 Å². The molecule has 6 heterocycles. The number of rotatable bonds is 5. The highest BCUT2D eigenvalue weighted by Gasteiger charge is 2.47. The van der Waals surface area contributed by atoms with E-state index in [0.717, 1.165) is 44.7 Å². The first-order valence-corrected chi connectivity index (χ1v) is 14.3. The molecule has 14 heteroatoms. The Morgan fingerprint density at radius 3 is 2.65 bits per heavy atom. The lowest BCUT2D eigenvalue weighted by Gasteiger charge is -2.42. The molecule has 2 aliphatic heterocycles. The molecular weight excluding hydrogens is 573 g/mol. The number of imidazole rings is 1. The van der Waals surface area contributed by atoms with Crippen molar-refractivity contribution in [3.05, 3.63) is 58.9 Å². The molecule has 4 aromatic rings. The molecule has 0 bridgehead atoms. The summed E-state index contributed by atoms with van der Waals surface area (Å²) in [5, 5.41) is 0.768. The zero-order chi connectivity index (χ0) is 28.0. The fourth-order valence-electron chi connectivity index (χ4n) is 5.59. The molecule has 2 fully saturated rings. The second-order valence-electron chi connectivity index (χ2n) is 9.99. The molecule has 0 radical (unpaired) electrons. The SMILES string of the molecule is COC(=O)c1nc(N2CCC3(CC2)CN(c2ccnc(Cl)c2)C[C@H]3N)n2ccnc2c1Sc1ccnc(N)c1Cl. The van der Waals surface area contributed by atoms with Crippen LogP contribution in [0.3, 0.4) is 0 Å². The molecule has 40 heavy (non-hydrogen) atoms. The highest BCUT2D eigenvalue weighted by molar-refractivity contribution is 7.99. The van der Waals surface area contributed by atoms with Crippen LogP contribution in [0.25, 0.3) is 5.65 Å². The Kier molecular flexibility index (Phi) is 7.11. The quantitative estimate of drug-likeness (QED) is 0.255. The zero-order valence-corrected chi connectivity index (χ0v) is 24.0. The van der Waals surface area contributed by atoms with Crippen molar-refractivity contribution < 1.29 is 9.53 Å². The van der Waals surface area contributed by atoms with Crippen LogP contribution in [0.5, 0.6) is 0 Å². The summed E-state index contributed by atoms with van der Waals surface area (Å²) in [5.74, 6) is 0.260. The van der Waals surface area contributed by atoms with Gasteiger partial charge in [0.1, 0.15) is 11.0 Å². The predicted octanol–water partition coefficient (Wildman–Crippen LogP) is 3.78. The summed E-state index contributed by atoms with van der Waals surface area (Å²) in [5.41, 5.74) is 14.4. The zero-order valence-electron chi connectivity index (χ0n) is 21.6. The van der Waals surface area contributed by atoms with Crippen LogP contribution >= 0.6 is 35.0 Å². The molecule has 0 aromatic carbocycles. The van der Waals surface area contributed by atoms with E-state index in [1.54, 1.807) is 24.7 Å². The number of aromatic nitrogens is 5. The highest BCUT2D eigenvalue weighted by atomic mass is 35.5. The number of piperidine rings is 1. The average molecular weight is 601 g/mol. The molecule has 6 rings (SSSR count). The first kappa shape index (κ1) is 26.9. The molecule has 11 nitrogen and oxygen atoms in total. The van der Waals surface area contributed by atoms with Gasteiger partial charge in [-0.15, -0.1) is 0 Å². The van der Waals surface area contributed by atoms with Crippen LogP contribution in [0, 0.1) is 5.41 Å². The predicted molar refractivity (Wildman–Crippen MR) is 155 cm³/mol. The van der Waals surface area contributed by atoms with Crippen LogP contribution in [0.2, 0.25) is 10.2 Å². The number of methoxy groups -OCH3 is 1. The van der Waals surface area contributed by atoms with E-state index in [1.807, 2.05) is 22.7 Å². The van der Waals surface area contributed by atoms with E-state index in [-0.39, 0.29) is 23.0 Å². The van der Waals surface area contributed by atoms with Gasteiger partial charge in [0.2, 0.25) is 5.95 Å². The Morgan fingerprint density at radius 1 is 1.12 bits per heavy atom. The lowest BCUT2D eigenvalue weighted by atomic mass is 9.75. The minimum Gasteiger partial charge on any atom is -0.464 e. The third kappa shape index (κ3) is 4.68.